The summed E-state index contributed by atoms with van der Waals surface area (Å²) in [5.41, 5.74) is 7.12. The van der Waals surface area contributed by atoms with E-state index in [1.165, 1.54) is 5.56 Å². The number of thiophene rings is 1. The second kappa shape index (κ2) is 5.90. The molecule has 2 aromatic rings. The molecule has 1 aliphatic rings. The van der Waals surface area contributed by atoms with Crippen molar-refractivity contribution in [2.45, 2.75) is 13.5 Å². The molecule has 0 saturated heterocycles. The van der Waals surface area contributed by atoms with Crippen molar-refractivity contribution in [3.63, 3.8) is 0 Å². The van der Waals surface area contributed by atoms with Crippen LogP contribution in [-0.4, -0.2) is 35.6 Å². The lowest BCUT2D eigenvalue weighted by Gasteiger charge is -2.07. The van der Waals surface area contributed by atoms with Crippen LogP contribution in [0.15, 0.2) is 34.3 Å². The molecule has 2 aromatic heterocycles. The fourth-order valence-electron chi connectivity index (χ4n) is 2.44. The Bertz CT molecular complexity index is 753. The molecule has 6 heteroatoms. The Hall–Kier alpha value is -2.18. The molecule has 22 heavy (non-hydrogen) atoms. The fourth-order valence-corrected chi connectivity index (χ4v) is 3.16. The van der Waals surface area contributed by atoms with E-state index in [0.29, 0.717) is 11.3 Å². The van der Waals surface area contributed by atoms with Crippen molar-refractivity contribution >= 4 is 29.0 Å². The maximum atomic E-state index is 12.0. The first-order valence-electron chi connectivity index (χ1n) is 7.02. The number of carbonyl (C=O) groups excluding carboxylic acids is 1. The van der Waals surface area contributed by atoms with E-state index in [4.69, 9.17) is 0 Å². The smallest absolute Gasteiger partial charge is 0.273 e. The molecule has 0 fully saturated rings. The van der Waals surface area contributed by atoms with Crippen molar-refractivity contribution in [2.24, 2.45) is 5.10 Å². The summed E-state index contributed by atoms with van der Waals surface area (Å²) < 4.78 is 0. The van der Waals surface area contributed by atoms with E-state index >= 15 is 0 Å². The average Bonchev–Trinajstić information content (AvgIpc) is 3.14. The second-order valence-corrected chi connectivity index (χ2v) is 6.50. The molecule has 3 rings (SSSR count). The number of H-pyrrole nitrogens is 1. The standard InChI is InChI=1S/C16H18N4OS/c1-10-11(9-20(2)3)7-12(17-10)8-13-15(18-19-16(13)21)14-5-4-6-22-14/h4-8,17H,9H2,1-3H3,(H,19,21)/b13-8+. The van der Waals surface area contributed by atoms with E-state index in [0.717, 1.165) is 22.8 Å². The lowest BCUT2D eigenvalue weighted by Crippen LogP contribution is -2.13. The van der Waals surface area contributed by atoms with Crippen molar-refractivity contribution in [3.8, 4) is 0 Å². The minimum absolute atomic E-state index is 0.162. The summed E-state index contributed by atoms with van der Waals surface area (Å²) in [6.45, 7) is 2.91. The van der Waals surface area contributed by atoms with Crippen LogP contribution in [0.25, 0.3) is 6.08 Å². The highest BCUT2D eigenvalue weighted by Crippen LogP contribution is 2.22. The Labute approximate surface area is 133 Å². The van der Waals surface area contributed by atoms with E-state index in [9.17, 15) is 4.79 Å². The molecule has 0 bridgehead atoms. The van der Waals surface area contributed by atoms with Crippen molar-refractivity contribution in [1.82, 2.24) is 15.3 Å². The Balaban J connectivity index is 1.93. The molecule has 2 N–H and O–H groups in total. The van der Waals surface area contributed by atoms with Crippen LogP contribution in [0.2, 0.25) is 0 Å². The number of aromatic nitrogens is 1. The van der Waals surface area contributed by atoms with Gasteiger partial charge in [-0.3, -0.25) is 4.79 Å². The number of aromatic amines is 1. The van der Waals surface area contributed by atoms with Gasteiger partial charge in [-0.25, -0.2) is 5.43 Å². The van der Waals surface area contributed by atoms with Gasteiger partial charge in [0, 0.05) is 17.9 Å². The van der Waals surface area contributed by atoms with Gasteiger partial charge in [-0.2, -0.15) is 5.10 Å². The Kier molecular flexibility index (Phi) is 3.96. The Morgan fingerprint density at radius 3 is 2.91 bits per heavy atom. The minimum Gasteiger partial charge on any atom is -0.359 e. The van der Waals surface area contributed by atoms with Crippen molar-refractivity contribution in [3.05, 3.63) is 51.0 Å². The lowest BCUT2D eigenvalue weighted by molar-refractivity contribution is -0.116. The topological polar surface area (TPSA) is 60.5 Å². The second-order valence-electron chi connectivity index (χ2n) is 5.55. The predicted octanol–water partition coefficient (Wildman–Crippen LogP) is 2.36. The van der Waals surface area contributed by atoms with Crippen molar-refractivity contribution in [2.75, 3.05) is 14.1 Å². The number of aryl methyl sites for hydroxylation is 1. The summed E-state index contributed by atoms with van der Waals surface area (Å²) in [5.74, 6) is -0.162. The molecule has 0 unspecified atom stereocenters. The zero-order valence-electron chi connectivity index (χ0n) is 12.8. The largest absolute Gasteiger partial charge is 0.359 e. The quantitative estimate of drug-likeness (QED) is 0.851. The molecule has 0 radical (unpaired) electrons. The number of hydrogen-bond acceptors (Lipinski definition) is 4. The SMILES string of the molecule is Cc1[nH]c(/C=C2/C(=O)NN=C2c2cccs2)cc1CN(C)C. The average molecular weight is 314 g/mol. The number of nitrogens with one attached hydrogen (secondary N) is 2. The molecular weight excluding hydrogens is 296 g/mol. The van der Waals surface area contributed by atoms with Crippen molar-refractivity contribution in [1.29, 1.82) is 0 Å². The van der Waals surface area contributed by atoms with Crippen LogP contribution in [0.3, 0.4) is 0 Å². The number of hydrazone groups is 1. The lowest BCUT2D eigenvalue weighted by atomic mass is 10.1. The van der Waals surface area contributed by atoms with Crippen molar-refractivity contribution < 1.29 is 4.79 Å². The summed E-state index contributed by atoms with van der Waals surface area (Å²) in [7, 11) is 4.08. The molecule has 3 heterocycles. The number of rotatable bonds is 4. The molecule has 0 spiro atoms. The maximum absolute atomic E-state index is 12.0. The number of hydrogen-bond donors (Lipinski definition) is 2. The highest BCUT2D eigenvalue weighted by atomic mass is 32.1. The normalized spacial score (nSPS) is 16.5. The van der Waals surface area contributed by atoms with Gasteiger partial charge in [0.2, 0.25) is 0 Å². The van der Waals surface area contributed by atoms with Gasteiger partial charge in [0.25, 0.3) is 5.91 Å². The van der Waals surface area contributed by atoms with Crippen LogP contribution >= 0.6 is 11.3 Å². The number of amides is 1. The third kappa shape index (κ3) is 2.88. The molecule has 0 aliphatic carbocycles. The van der Waals surface area contributed by atoms with E-state index in [1.807, 2.05) is 44.6 Å². The highest BCUT2D eigenvalue weighted by Gasteiger charge is 2.24. The summed E-state index contributed by atoms with van der Waals surface area (Å²) in [5, 5.41) is 6.13. The van der Waals surface area contributed by atoms with E-state index in [2.05, 4.69) is 26.5 Å². The molecular formula is C16H18N4OS. The molecule has 5 nitrogen and oxygen atoms in total. The monoisotopic (exact) mass is 314 g/mol. The van der Waals surface area contributed by atoms with E-state index in [-0.39, 0.29) is 5.91 Å². The minimum atomic E-state index is -0.162. The highest BCUT2D eigenvalue weighted by molar-refractivity contribution is 7.12. The zero-order chi connectivity index (χ0) is 15.7. The maximum Gasteiger partial charge on any atom is 0.273 e. The Morgan fingerprint density at radius 1 is 1.41 bits per heavy atom. The molecule has 0 aromatic carbocycles. The summed E-state index contributed by atoms with van der Waals surface area (Å²) in [6.07, 6.45) is 1.87. The van der Waals surface area contributed by atoms with Crippen LogP contribution in [0.1, 0.15) is 21.8 Å². The molecule has 0 atom stereocenters. The van der Waals surface area contributed by atoms with Gasteiger partial charge >= 0.3 is 0 Å². The third-order valence-electron chi connectivity index (χ3n) is 3.45. The van der Waals surface area contributed by atoms with Crippen LogP contribution in [-0.2, 0) is 11.3 Å². The molecule has 1 amide bonds. The Morgan fingerprint density at radius 2 is 2.23 bits per heavy atom. The van der Waals surface area contributed by atoms with Gasteiger partial charge < -0.3 is 9.88 Å². The van der Waals surface area contributed by atoms with Gasteiger partial charge in [0.05, 0.1) is 10.5 Å². The molecule has 0 saturated carbocycles. The molecule has 114 valence electrons. The van der Waals surface area contributed by atoms with Gasteiger partial charge in [0.1, 0.15) is 5.71 Å². The zero-order valence-corrected chi connectivity index (χ0v) is 13.6. The van der Waals surface area contributed by atoms with Crippen LogP contribution in [0.5, 0.6) is 0 Å². The van der Waals surface area contributed by atoms with E-state index in [1.54, 1.807) is 11.3 Å². The van der Waals surface area contributed by atoms with Gasteiger partial charge in [0.15, 0.2) is 0 Å². The number of carbonyl (C=O) groups is 1. The fraction of sp³-hybridized carbons (Fsp3) is 0.250. The first kappa shape index (κ1) is 14.7. The first-order valence-corrected chi connectivity index (χ1v) is 7.90. The summed E-state index contributed by atoms with van der Waals surface area (Å²) in [4.78, 5) is 18.5. The summed E-state index contributed by atoms with van der Waals surface area (Å²) in [6, 6.07) is 6.01. The van der Waals surface area contributed by atoms with Gasteiger partial charge in [-0.05, 0) is 50.2 Å². The van der Waals surface area contributed by atoms with E-state index < -0.39 is 0 Å². The van der Waals surface area contributed by atoms with Crippen LogP contribution in [0, 0.1) is 6.92 Å². The van der Waals surface area contributed by atoms with Crippen LogP contribution < -0.4 is 5.43 Å². The predicted molar refractivity (Wildman–Crippen MR) is 89.9 cm³/mol. The summed E-state index contributed by atoms with van der Waals surface area (Å²) >= 11 is 1.57. The third-order valence-corrected chi connectivity index (χ3v) is 4.33. The first-order chi connectivity index (χ1) is 10.5. The number of nitrogens with zero attached hydrogens (tertiary/aromatic N) is 2. The van der Waals surface area contributed by atoms with Gasteiger partial charge in [-0.1, -0.05) is 6.07 Å². The van der Waals surface area contributed by atoms with Gasteiger partial charge in [-0.15, -0.1) is 11.3 Å². The molecule has 1 aliphatic heterocycles. The van der Waals surface area contributed by atoms with Crippen LogP contribution in [0.4, 0.5) is 0 Å².